The maximum atomic E-state index is 13.1. The van der Waals surface area contributed by atoms with Crippen LogP contribution in [0.1, 0.15) is 303 Å². The molecule has 0 saturated heterocycles. The Balaban J connectivity index is 4.46. The predicted molar refractivity (Wildman–Crippen MR) is 261 cm³/mol. The Hall–Kier alpha value is -1.69. The van der Waals surface area contributed by atoms with Crippen molar-refractivity contribution in [3.8, 4) is 0 Å². The van der Waals surface area contributed by atoms with E-state index in [4.69, 9.17) is 9.47 Å². The predicted octanol–water partition coefficient (Wildman–Crippen LogP) is 17.2. The number of hydrogen-bond acceptors (Lipinski definition) is 6. The molecule has 0 aromatic rings. The van der Waals surface area contributed by atoms with Crippen LogP contribution in [0.2, 0.25) is 0 Å². The number of ketones is 1. The summed E-state index contributed by atoms with van der Waals surface area (Å²) in [6, 6.07) is 0. The Bertz CT molecular complexity index is 962. The second-order valence-corrected chi connectivity index (χ2v) is 18.6. The lowest BCUT2D eigenvalue weighted by molar-refractivity contribution is -0.168. The van der Waals surface area contributed by atoms with E-state index in [0.29, 0.717) is 19.3 Å². The average molecular weight is 861 g/mol. The quantitative estimate of drug-likeness (QED) is 0.0372. The van der Waals surface area contributed by atoms with Gasteiger partial charge in [-0.3, -0.25) is 14.4 Å². The molecule has 0 rings (SSSR count). The molecule has 0 fully saturated rings. The average Bonchev–Trinajstić information content (AvgIpc) is 3.26. The Morgan fingerprint density at radius 1 is 0.377 bits per heavy atom. The van der Waals surface area contributed by atoms with E-state index < -0.39 is 18.2 Å². The number of hydrogen-bond donors (Lipinski definition) is 1. The van der Waals surface area contributed by atoms with Crippen LogP contribution in [-0.4, -0.2) is 41.6 Å². The summed E-state index contributed by atoms with van der Waals surface area (Å²) in [7, 11) is 0. The Labute approximate surface area is 379 Å². The van der Waals surface area contributed by atoms with Gasteiger partial charge in [0, 0.05) is 19.3 Å². The van der Waals surface area contributed by atoms with Crippen molar-refractivity contribution in [2.75, 3.05) is 6.61 Å². The van der Waals surface area contributed by atoms with Gasteiger partial charge in [-0.2, -0.15) is 0 Å². The fourth-order valence-electron chi connectivity index (χ4n) is 8.32. The van der Waals surface area contributed by atoms with Crippen LogP contribution in [0.25, 0.3) is 0 Å². The molecule has 0 aliphatic heterocycles. The Kier molecular flexibility index (Phi) is 48.0. The van der Waals surface area contributed by atoms with Gasteiger partial charge in [0.05, 0.1) is 0 Å². The molecule has 1 N–H and O–H groups in total. The number of aliphatic hydroxyl groups excluding tert-OH is 1. The second-order valence-electron chi connectivity index (χ2n) is 18.6. The van der Waals surface area contributed by atoms with E-state index in [0.717, 1.165) is 64.2 Å². The highest BCUT2D eigenvalue weighted by molar-refractivity contribution is 5.84. The molecule has 0 heterocycles. The van der Waals surface area contributed by atoms with Gasteiger partial charge >= 0.3 is 11.9 Å². The van der Waals surface area contributed by atoms with Crippen LogP contribution in [0.5, 0.6) is 0 Å². The van der Waals surface area contributed by atoms with Crippen LogP contribution in [-0.2, 0) is 23.9 Å². The molecule has 6 heteroatoms. The molecule has 0 aliphatic carbocycles. The maximum absolute atomic E-state index is 13.1. The lowest BCUT2D eigenvalue weighted by Gasteiger charge is -2.22. The smallest absolute Gasteiger partial charge is 0.306 e. The van der Waals surface area contributed by atoms with Crippen LogP contribution in [0, 0.1) is 0 Å². The molecule has 0 aliphatic rings. The van der Waals surface area contributed by atoms with Crippen molar-refractivity contribution in [1.29, 1.82) is 0 Å². The molecule has 61 heavy (non-hydrogen) atoms. The van der Waals surface area contributed by atoms with E-state index in [1.807, 2.05) is 0 Å². The standard InChI is InChI=1S/C55H104O6/c1-4-7-10-13-16-19-22-25-27-30-33-36-39-42-45-48-53(57)60-50-52(55(59)51(56)47-44-41-38-35-32-29-24-21-18-15-12-9-6-3)61-54(58)49-46-43-40-37-34-31-28-26-23-20-17-14-11-8-5-2/h26,28,52,55,59H,4-25,27,29-50H2,1-3H3/b28-26-. The molecular weight excluding hydrogens is 757 g/mol. The van der Waals surface area contributed by atoms with Crippen LogP contribution in [0.4, 0.5) is 0 Å². The van der Waals surface area contributed by atoms with Gasteiger partial charge in [-0.25, -0.2) is 0 Å². The highest BCUT2D eigenvalue weighted by Crippen LogP contribution is 2.18. The molecule has 360 valence electrons. The van der Waals surface area contributed by atoms with Crippen molar-refractivity contribution in [2.45, 2.75) is 315 Å². The van der Waals surface area contributed by atoms with E-state index in [1.54, 1.807) is 0 Å². The zero-order valence-electron chi connectivity index (χ0n) is 41.1. The molecule has 0 bridgehead atoms. The van der Waals surface area contributed by atoms with Gasteiger partial charge in [0.25, 0.3) is 0 Å². The summed E-state index contributed by atoms with van der Waals surface area (Å²) >= 11 is 0. The first-order valence-corrected chi connectivity index (χ1v) is 27.2. The van der Waals surface area contributed by atoms with E-state index in [1.165, 1.54) is 186 Å². The summed E-state index contributed by atoms with van der Waals surface area (Å²) in [5.41, 5.74) is 0. The highest BCUT2D eigenvalue weighted by atomic mass is 16.6. The van der Waals surface area contributed by atoms with Crippen LogP contribution >= 0.6 is 0 Å². The number of ether oxygens (including phenoxy) is 2. The third-order valence-electron chi connectivity index (χ3n) is 12.5. The Morgan fingerprint density at radius 2 is 0.656 bits per heavy atom. The number of unbranched alkanes of at least 4 members (excludes halogenated alkanes) is 37. The molecule has 0 amide bonds. The van der Waals surface area contributed by atoms with Crippen molar-refractivity contribution < 1.29 is 29.0 Å². The fraction of sp³-hybridized carbons (Fsp3) is 0.909. The van der Waals surface area contributed by atoms with Crippen molar-refractivity contribution in [2.24, 2.45) is 0 Å². The first-order valence-electron chi connectivity index (χ1n) is 27.2. The van der Waals surface area contributed by atoms with Gasteiger partial charge in [-0.1, -0.05) is 251 Å². The van der Waals surface area contributed by atoms with Crippen LogP contribution in [0.3, 0.4) is 0 Å². The van der Waals surface area contributed by atoms with Crippen molar-refractivity contribution in [3.05, 3.63) is 12.2 Å². The number of rotatable bonds is 50. The Morgan fingerprint density at radius 3 is 1.00 bits per heavy atom. The van der Waals surface area contributed by atoms with Crippen LogP contribution in [0.15, 0.2) is 12.2 Å². The monoisotopic (exact) mass is 861 g/mol. The molecule has 2 unspecified atom stereocenters. The van der Waals surface area contributed by atoms with Crippen LogP contribution < -0.4 is 0 Å². The lowest BCUT2D eigenvalue weighted by atomic mass is 10.0. The molecular formula is C55H104O6. The summed E-state index contributed by atoms with van der Waals surface area (Å²) in [5, 5.41) is 11.0. The van der Waals surface area contributed by atoms with E-state index >= 15 is 0 Å². The van der Waals surface area contributed by atoms with Crippen molar-refractivity contribution >= 4 is 17.7 Å². The van der Waals surface area contributed by atoms with Gasteiger partial charge in [-0.05, 0) is 44.9 Å². The molecule has 6 nitrogen and oxygen atoms in total. The summed E-state index contributed by atoms with van der Waals surface area (Å²) in [4.78, 5) is 38.6. The molecule has 0 spiro atoms. The number of Topliss-reactive ketones (excluding diaryl/α,β-unsaturated/α-hetero) is 1. The van der Waals surface area contributed by atoms with E-state index in [9.17, 15) is 19.5 Å². The minimum absolute atomic E-state index is 0.238. The maximum Gasteiger partial charge on any atom is 0.306 e. The minimum atomic E-state index is -1.48. The largest absolute Gasteiger partial charge is 0.462 e. The summed E-state index contributed by atoms with van der Waals surface area (Å²) in [6.45, 7) is 6.51. The minimum Gasteiger partial charge on any atom is -0.462 e. The fourth-order valence-corrected chi connectivity index (χ4v) is 8.32. The van der Waals surface area contributed by atoms with E-state index in [2.05, 4.69) is 32.9 Å². The highest BCUT2D eigenvalue weighted by Gasteiger charge is 2.30. The van der Waals surface area contributed by atoms with Gasteiger partial charge < -0.3 is 14.6 Å². The molecule has 0 aromatic carbocycles. The first-order chi connectivity index (χ1) is 30.0. The SMILES string of the molecule is CCCCCCCC/C=C\CCCCCCCC(=O)OC(COC(=O)CCCCCCCCCCCCCCCCC)C(O)C(=O)CCCCCCCCCCCCCCC. The number of carbonyl (C=O) groups is 3. The van der Waals surface area contributed by atoms with Gasteiger partial charge in [-0.15, -0.1) is 0 Å². The number of carbonyl (C=O) groups excluding carboxylic acids is 3. The summed E-state index contributed by atoms with van der Waals surface area (Å²) < 4.78 is 11.2. The zero-order chi connectivity index (χ0) is 44.5. The van der Waals surface area contributed by atoms with Gasteiger partial charge in [0.15, 0.2) is 18.0 Å². The molecule has 0 radical (unpaired) electrons. The molecule has 0 saturated carbocycles. The number of allylic oxidation sites excluding steroid dienone is 2. The molecule has 2 atom stereocenters. The summed E-state index contributed by atoms with van der Waals surface area (Å²) in [6.07, 6.45) is 53.0. The second kappa shape index (κ2) is 49.3. The third kappa shape index (κ3) is 44.7. The van der Waals surface area contributed by atoms with Crippen molar-refractivity contribution in [1.82, 2.24) is 0 Å². The normalized spacial score (nSPS) is 12.6. The topological polar surface area (TPSA) is 89.9 Å². The third-order valence-corrected chi connectivity index (χ3v) is 12.5. The summed E-state index contributed by atoms with van der Waals surface area (Å²) in [5.74, 6) is -1.13. The zero-order valence-corrected chi connectivity index (χ0v) is 41.1. The lowest BCUT2D eigenvalue weighted by Crippen LogP contribution is -2.41. The first kappa shape index (κ1) is 59.3. The van der Waals surface area contributed by atoms with Gasteiger partial charge in [0.2, 0.25) is 0 Å². The number of esters is 2. The van der Waals surface area contributed by atoms with Gasteiger partial charge in [0.1, 0.15) is 6.61 Å². The van der Waals surface area contributed by atoms with Crippen molar-refractivity contribution in [3.63, 3.8) is 0 Å². The van der Waals surface area contributed by atoms with E-state index in [-0.39, 0.29) is 31.2 Å². The number of aliphatic hydroxyl groups is 1. The molecule has 0 aromatic heterocycles.